The number of carbonyl (C=O) groups excluding carboxylic acids is 1. The maximum Gasteiger partial charge on any atom is 0.254 e. The van der Waals surface area contributed by atoms with Crippen molar-refractivity contribution in [2.24, 2.45) is 5.14 Å². The van der Waals surface area contributed by atoms with Crippen LogP contribution in [0.15, 0.2) is 47.4 Å². The number of aromatic nitrogens is 1. The van der Waals surface area contributed by atoms with E-state index in [0.29, 0.717) is 0 Å². The Balaban J connectivity index is 1.92. The van der Waals surface area contributed by atoms with Crippen molar-refractivity contribution in [2.75, 3.05) is 7.05 Å². The van der Waals surface area contributed by atoms with E-state index in [-0.39, 0.29) is 27.4 Å². The minimum Gasteiger partial charge on any atom is -0.333 e. The van der Waals surface area contributed by atoms with E-state index in [1.54, 1.807) is 7.05 Å². The van der Waals surface area contributed by atoms with Gasteiger partial charge in [-0.15, -0.1) is 11.3 Å². The van der Waals surface area contributed by atoms with Crippen LogP contribution in [0.3, 0.4) is 0 Å². The normalized spacial score (nSPS) is 12.9. The lowest BCUT2D eigenvalue weighted by atomic mass is 10.2. The molecule has 1 amide bonds. The summed E-state index contributed by atoms with van der Waals surface area (Å²) in [4.78, 5) is 18.6. The van der Waals surface area contributed by atoms with Gasteiger partial charge in [0.2, 0.25) is 10.0 Å². The van der Waals surface area contributed by atoms with Crippen LogP contribution in [-0.2, 0) is 10.0 Å². The fourth-order valence-corrected chi connectivity index (χ4v) is 4.60. The van der Waals surface area contributed by atoms with Crippen molar-refractivity contribution in [3.05, 3.63) is 58.1 Å². The van der Waals surface area contributed by atoms with E-state index in [0.717, 1.165) is 15.2 Å². The Morgan fingerprint density at radius 2 is 1.96 bits per heavy atom. The summed E-state index contributed by atoms with van der Waals surface area (Å²) in [6, 6.07) is 11.5. The summed E-state index contributed by atoms with van der Waals surface area (Å²) in [6.07, 6.45) is 0. The summed E-state index contributed by atoms with van der Waals surface area (Å²) in [5.41, 5.74) is 1.07. The number of hydrogen-bond donors (Lipinski definition) is 1. The lowest BCUT2D eigenvalue weighted by Gasteiger charge is -2.23. The molecule has 9 heteroatoms. The fraction of sp³-hybridized carbons (Fsp3) is 0.176. The predicted molar refractivity (Wildman–Crippen MR) is 103 cm³/mol. The summed E-state index contributed by atoms with van der Waals surface area (Å²) in [7, 11) is -2.37. The molecule has 0 aliphatic heterocycles. The Morgan fingerprint density at radius 3 is 2.62 bits per heavy atom. The van der Waals surface area contributed by atoms with E-state index in [2.05, 4.69) is 4.98 Å². The fourth-order valence-electron chi connectivity index (χ4n) is 2.47. The molecule has 0 aliphatic carbocycles. The van der Waals surface area contributed by atoms with Crippen LogP contribution in [0.2, 0.25) is 5.02 Å². The average molecular weight is 410 g/mol. The molecule has 1 atom stereocenters. The van der Waals surface area contributed by atoms with Gasteiger partial charge < -0.3 is 4.90 Å². The predicted octanol–water partition coefficient (Wildman–Crippen LogP) is 3.43. The highest BCUT2D eigenvalue weighted by Crippen LogP contribution is 2.30. The first kappa shape index (κ1) is 18.8. The zero-order chi connectivity index (χ0) is 19.1. The van der Waals surface area contributed by atoms with Crippen LogP contribution in [0, 0.1) is 0 Å². The number of amides is 1. The van der Waals surface area contributed by atoms with Crippen molar-refractivity contribution in [3.8, 4) is 0 Å². The van der Waals surface area contributed by atoms with Crippen molar-refractivity contribution >= 4 is 49.1 Å². The van der Waals surface area contributed by atoms with E-state index in [4.69, 9.17) is 16.7 Å². The highest BCUT2D eigenvalue weighted by atomic mass is 35.5. The van der Waals surface area contributed by atoms with Gasteiger partial charge in [0, 0.05) is 12.6 Å². The van der Waals surface area contributed by atoms with Crippen LogP contribution in [0.4, 0.5) is 0 Å². The molecule has 3 rings (SSSR count). The highest BCUT2D eigenvalue weighted by molar-refractivity contribution is 7.89. The molecule has 0 radical (unpaired) electrons. The van der Waals surface area contributed by atoms with Crippen molar-refractivity contribution in [1.82, 2.24) is 9.88 Å². The van der Waals surface area contributed by atoms with Crippen LogP contribution >= 0.6 is 22.9 Å². The summed E-state index contributed by atoms with van der Waals surface area (Å²) in [5.74, 6) is -0.349. The van der Waals surface area contributed by atoms with E-state index < -0.39 is 10.0 Å². The SMILES string of the molecule is C[C@@H](c1nc2ccccc2s1)N(C)C(=O)c1ccc(Cl)c(S(N)(=O)=O)c1. The average Bonchev–Trinajstić information content (AvgIpc) is 3.03. The molecule has 0 aliphatic rings. The maximum atomic E-state index is 12.8. The monoisotopic (exact) mass is 409 g/mol. The third-order valence-electron chi connectivity index (χ3n) is 4.05. The number of thiazole rings is 1. The van der Waals surface area contributed by atoms with Crippen molar-refractivity contribution in [1.29, 1.82) is 0 Å². The third-order valence-corrected chi connectivity index (χ3v) is 6.65. The van der Waals surface area contributed by atoms with Gasteiger partial charge in [0.25, 0.3) is 5.91 Å². The summed E-state index contributed by atoms with van der Waals surface area (Å²) < 4.78 is 24.3. The number of hydrogen-bond acceptors (Lipinski definition) is 5. The van der Waals surface area contributed by atoms with Crippen LogP contribution in [0.5, 0.6) is 0 Å². The third kappa shape index (κ3) is 3.59. The Hall–Kier alpha value is -2.00. The molecular formula is C17H16ClN3O3S2. The minimum atomic E-state index is -4.02. The number of benzene rings is 2. The second-order valence-corrected chi connectivity index (χ2v) is 8.80. The largest absolute Gasteiger partial charge is 0.333 e. The number of fused-ring (bicyclic) bond motifs is 1. The molecule has 0 unspecified atom stereocenters. The van der Waals surface area contributed by atoms with Crippen LogP contribution in [-0.4, -0.2) is 31.3 Å². The number of rotatable bonds is 4. The quantitative estimate of drug-likeness (QED) is 0.714. The Bertz CT molecular complexity index is 1060. The zero-order valence-electron chi connectivity index (χ0n) is 14.0. The maximum absolute atomic E-state index is 12.8. The molecule has 6 nitrogen and oxygen atoms in total. The number of nitrogens with zero attached hydrogens (tertiary/aromatic N) is 2. The first-order valence-electron chi connectivity index (χ1n) is 7.63. The van der Waals surface area contributed by atoms with Crippen LogP contribution in [0.25, 0.3) is 10.2 Å². The standard InChI is InChI=1S/C17H16ClN3O3S2/c1-10(16-20-13-5-3-4-6-14(13)25-16)21(2)17(22)11-7-8-12(18)15(9-11)26(19,23)24/h3-10H,1-2H3,(H2,19,23,24)/t10-/m0/s1. The van der Waals surface area contributed by atoms with Gasteiger partial charge in [-0.1, -0.05) is 23.7 Å². The lowest BCUT2D eigenvalue weighted by Crippen LogP contribution is -2.29. The summed E-state index contributed by atoms with van der Waals surface area (Å²) in [5, 5.41) is 5.92. The molecule has 2 N–H and O–H groups in total. The van der Waals surface area contributed by atoms with Gasteiger partial charge in [-0.3, -0.25) is 4.79 Å². The van der Waals surface area contributed by atoms with Gasteiger partial charge in [-0.2, -0.15) is 0 Å². The zero-order valence-corrected chi connectivity index (χ0v) is 16.4. The second kappa shape index (κ2) is 6.96. The number of sulfonamides is 1. The number of primary sulfonamides is 1. The highest BCUT2D eigenvalue weighted by Gasteiger charge is 2.23. The molecule has 0 saturated heterocycles. The topological polar surface area (TPSA) is 93.4 Å². The molecule has 0 fully saturated rings. The van der Waals surface area contributed by atoms with E-state index in [1.165, 1.54) is 34.4 Å². The molecule has 26 heavy (non-hydrogen) atoms. The molecule has 0 bridgehead atoms. The van der Waals surface area contributed by atoms with Gasteiger partial charge >= 0.3 is 0 Å². The van der Waals surface area contributed by atoms with E-state index >= 15 is 0 Å². The van der Waals surface area contributed by atoms with Gasteiger partial charge in [-0.05, 0) is 37.3 Å². The first-order valence-corrected chi connectivity index (χ1v) is 10.4. The molecule has 1 heterocycles. The molecular weight excluding hydrogens is 394 g/mol. The second-order valence-electron chi connectivity index (χ2n) is 5.80. The lowest BCUT2D eigenvalue weighted by molar-refractivity contribution is 0.0742. The van der Waals surface area contributed by atoms with Gasteiger partial charge in [0.1, 0.15) is 9.90 Å². The van der Waals surface area contributed by atoms with Crippen LogP contribution in [0.1, 0.15) is 28.3 Å². The van der Waals surface area contributed by atoms with Gasteiger partial charge in [0.15, 0.2) is 0 Å². The molecule has 0 saturated carbocycles. The molecule has 136 valence electrons. The van der Waals surface area contributed by atoms with Crippen molar-refractivity contribution in [3.63, 3.8) is 0 Å². The molecule has 1 aromatic heterocycles. The summed E-state index contributed by atoms with van der Waals surface area (Å²) >= 11 is 7.39. The number of halogens is 1. The van der Waals surface area contributed by atoms with Gasteiger partial charge in [-0.25, -0.2) is 18.5 Å². The van der Waals surface area contributed by atoms with E-state index in [9.17, 15) is 13.2 Å². The minimum absolute atomic E-state index is 0.0223. The molecule has 2 aromatic carbocycles. The molecule has 3 aromatic rings. The number of nitrogens with two attached hydrogens (primary N) is 1. The first-order chi connectivity index (χ1) is 12.2. The van der Waals surface area contributed by atoms with Crippen molar-refractivity contribution < 1.29 is 13.2 Å². The Labute approximate surface area is 160 Å². The summed E-state index contributed by atoms with van der Waals surface area (Å²) in [6.45, 7) is 1.87. The van der Waals surface area contributed by atoms with Crippen molar-refractivity contribution in [2.45, 2.75) is 17.9 Å². The smallest absolute Gasteiger partial charge is 0.254 e. The van der Waals surface area contributed by atoms with Gasteiger partial charge in [0.05, 0.1) is 21.3 Å². The Morgan fingerprint density at radius 1 is 1.27 bits per heavy atom. The number of para-hydroxylation sites is 1. The van der Waals surface area contributed by atoms with Crippen LogP contribution < -0.4 is 5.14 Å². The van der Waals surface area contributed by atoms with E-state index in [1.807, 2.05) is 31.2 Å². The molecule has 0 spiro atoms. The Kier molecular flexibility index (Phi) is 5.03. The number of carbonyl (C=O) groups is 1.